The van der Waals surface area contributed by atoms with Gasteiger partial charge in [0.1, 0.15) is 5.75 Å². The molecule has 2 aromatic rings. The average Bonchev–Trinajstić information content (AvgIpc) is 2.74. The Kier molecular flexibility index (Phi) is 6.36. The average molecular weight is 403 g/mol. The number of nitrogens with one attached hydrogen (secondary N) is 1. The van der Waals surface area contributed by atoms with Crippen molar-refractivity contribution in [2.24, 2.45) is 0 Å². The molecule has 3 rings (SSSR count). The molecule has 28 heavy (non-hydrogen) atoms. The molecule has 0 radical (unpaired) electrons. The van der Waals surface area contributed by atoms with E-state index < -0.39 is 10.0 Å². The first kappa shape index (κ1) is 20.4. The van der Waals surface area contributed by atoms with E-state index in [0.717, 1.165) is 30.6 Å². The summed E-state index contributed by atoms with van der Waals surface area (Å²) >= 11 is 0. The van der Waals surface area contributed by atoms with E-state index >= 15 is 0 Å². The number of sulfonamides is 1. The number of carbonyl (C=O) groups excluding carboxylic acids is 1. The zero-order valence-electron chi connectivity index (χ0n) is 16.2. The second kappa shape index (κ2) is 8.75. The number of amides is 1. The number of ether oxygens (including phenoxy) is 1. The van der Waals surface area contributed by atoms with Crippen LogP contribution >= 0.6 is 0 Å². The van der Waals surface area contributed by atoms with Gasteiger partial charge in [0.25, 0.3) is 5.91 Å². The monoisotopic (exact) mass is 402 g/mol. The Bertz CT molecular complexity index is 920. The van der Waals surface area contributed by atoms with Gasteiger partial charge in [-0.05, 0) is 55.7 Å². The molecule has 0 aromatic heterocycles. The lowest BCUT2D eigenvalue weighted by Crippen LogP contribution is -2.35. The van der Waals surface area contributed by atoms with Gasteiger partial charge in [-0.2, -0.15) is 4.31 Å². The molecule has 1 N–H and O–H groups in total. The minimum atomic E-state index is -3.57. The zero-order valence-corrected chi connectivity index (χ0v) is 17.0. The van der Waals surface area contributed by atoms with Crippen LogP contribution in [0.1, 0.15) is 48.1 Å². The molecular weight excluding hydrogens is 376 g/mol. The lowest BCUT2D eigenvalue weighted by Gasteiger charge is -2.26. The molecule has 1 saturated heterocycles. The highest BCUT2D eigenvalue weighted by atomic mass is 32.2. The number of rotatable bonds is 6. The van der Waals surface area contributed by atoms with Crippen LogP contribution in [-0.4, -0.2) is 38.8 Å². The van der Waals surface area contributed by atoms with Gasteiger partial charge in [-0.15, -0.1) is 0 Å². The molecule has 1 heterocycles. The molecule has 0 aliphatic carbocycles. The van der Waals surface area contributed by atoms with Crippen LogP contribution in [0.2, 0.25) is 0 Å². The van der Waals surface area contributed by atoms with Crippen LogP contribution in [0.25, 0.3) is 0 Å². The molecule has 0 unspecified atom stereocenters. The fourth-order valence-corrected chi connectivity index (χ4v) is 4.87. The topological polar surface area (TPSA) is 75.7 Å². The maximum Gasteiger partial charge on any atom is 0.251 e. The summed E-state index contributed by atoms with van der Waals surface area (Å²) in [6, 6.07) is 13.5. The molecule has 1 amide bonds. The molecule has 1 fully saturated rings. The third-order valence-electron chi connectivity index (χ3n) is 5.01. The number of methoxy groups -OCH3 is 1. The van der Waals surface area contributed by atoms with E-state index in [1.165, 1.54) is 10.4 Å². The van der Waals surface area contributed by atoms with Crippen molar-refractivity contribution in [2.45, 2.75) is 37.1 Å². The molecular formula is C21H26N2O4S. The third-order valence-corrected chi connectivity index (χ3v) is 6.91. The molecule has 1 aliphatic heterocycles. The molecule has 0 bridgehead atoms. The fourth-order valence-electron chi connectivity index (χ4n) is 3.31. The Balaban J connectivity index is 1.74. The van der Waals surface area contributed by atoms with Gasteiger partial charge in [-0.1, -0.05) is 24.6 Å². The molecule has 0 saturated carbocycles. The summed E-state index contributed by atoms with van der Waals surface area (Å²) in [5.41, 5.74) is 1.27. The van der Waals surface area contributed by atoms with Crippen molar-refractivity contribution in [2.75, 3.05) is 20.2 Å². The van der Waals surface area contributed by atoms with Gasteiger partial charge in [-0.3, -0.25) is 4.79 Å². The number of hydrogen-bond acceptors (Lipinski definition) is 4. The first-order chi connectivity index (χ1) is 13.4. The van der Waals surface area contributed by atoms with Crippen LogP contribution in [0.5, 0.6) is 5.75 Å². The first-order valence-electron chi connectivity index (χ1n) is 9.47. The van der Waals surface area contributed by atoms with E-state index in [1.54, 1.807) is 25.3 Å². The predicted octanol–water partition coefficient (Wildman–Crippen LogP) is 3.36. The minimum Gasteiger partial charge on any atom is -0.497 e. The van der Waals surface area contributed by atoms with Gasteiger partial charge in [0.15, 0.2) is 0 Å². The number of carbonyl (C=O) groups is 1. The lowest BCUT2D eigenvalue weighted by molar-refractivity contribution is 0.0939. The zero-order chi connectivity index (χ0) is 20.1. The normalized spacial score (nSPS) is 16.4. The molecule has 1 aliphatic rings. The Hall–Kier alpha value is -2.38. The SMILES string of the molecule is COc1ccc([C@@H](C)NC(=O)c2cccc(S(=O)(=O)N3CCCCC3)c2)cc1. The second-order valence-electron chi connectivity index (χ2n) is 6.96. The van der Waals surface area contributed by atoms with Crippen LogP contribution in [0.4, 0.5) is 0 Å². The van der Waals surface area contributed by atoms with Gasteiger partial charge in [0, 0.05) is 18.7 Å². The van der Waals surface area contributed by atoms with Crippen LogP contribution in [0.15, 0.2) is 53.4 Å². The van der Waals surface area contributed by atoms with Gasteiger partial charge < -0.3 is 10.1 Å². The van der Waals surface area contributed by atoms with Gasteiger partial charge in [-0.25, -0.2) is 8.42 Å². The lowest BCUT2D eigenvalue weighted by atomic mass is 10.1. The minimum absolute atomic E-state index is 0.166. The van der Waals surface area contributed by atoms with Crippen LogP contribution in [0, 0.1) is 0 Å². The molecule has 1 atom stereocenters. The van der Waals surface area contributed by atoms with E-state index in [9.17, 15) is 13.2 Å². The highest BCUT2D eigenvalue weighted by Crippen LogP contribution is 2.22. The predicted molar refractivity (Wildman–Crippen MR) is 108 cm³/mol. The van der Waals surface area contributed by atoms with E-state index in [4.69, 9.17) is 4.74 Å². The molecule has 7 heteroatoms. The standard InChI is InChI=1S/C21H26N2O4S/c1-16(17-9-11-19(27-2)12-10-17)22-21(24)18-7-6-8-20(15-18)28(25,26)23-13-4-3-5-14-23/h6-12,15-16H,3-5,13-14H2,1-2H3,(H,22,24)/t16-/m1/s1. The quantitative estimate of drug-likeness (QED) is 0.804. The summed E-state index contributed by atoms with van der Waals surface area (Å²) in [5, 5.41) is 2.92. The van der Waals surface area contributed by atoms with Crippen LogP contribution in [0.3, 0.4) is 0 Å². The summed E-state index contributed by atoms with van der Waals surface area (Å²) in [6.07, 6.45) is 2.80. The smallest absolute Gasteiger partial charge is 0.251 e. The van der Waals surface area contributed by atoms with Gasteiger partial charge >= 0.3 is 0 Å². The van der Waals surface area contributed by atoms with Crippen molar-refractivity contribution >= 4 is 15.9 Å². The molecule has 150 valence electrons. The van der Waals surface area contributed by atoms with Crippen molar-refractivity contribution in [3.8, 4) is 5.75 Å². The highest BCUT2D eigenvalue weighted by molar-refractivity contribution is 7.89. The largest absolute Gasteiger partial charge is 0.497 e. The maximum atomic E-state index is 12.8. The number of hydrogen-bond donors (Lipinski definition) is 1. The van der Waals surface area contributed by atoms with Gasteiger partial charge in [0.05, 0.1) is 18.0 Å². The molecule has 0 spiro atoms. The Morgan fingerprint density at radius 2 is 1.75 bits per heavy atom. The summed E-state index contributed by atoms with van der Waals surface area (Å²) < 4.78 is 32.4. The Morgan fingerprint density at radius 3 is 2.39 bits per heavy atom. The Morgan fingerprint density at radius 1 is 1.07 bits per heavy atom. The number of benzene rings is 2. The van der Waals surface area contributed by atoms with Crippen molar-refractivity contribution in [3.05, 3.63) is 59.7 Å². The molecule has 6 nitrogen and oxygen atoms in total. The van der Waals surface area contributed by atoms with Crippen molar-refractivity contribution in [1.82, 2.24) is 9.62 Å². The first-order valence-corrected chi connectivity index (χ1v) is 10.9. The summed E-state index contributed by atoms with van der Waals surface area (Å²) in [4.78, 5) is 12.8. The second-order valence-corrected chi connectivity index (χ2v) is 8.90. The van der Waals surface area contributed by atoms with Gasteiger partial charge in [0.2, 0.25) is 10.0 Å². The van der Waals surface area contributed by atoms with E-state index in [-0.39, 0.29) is 16.8 Å². The van der Waals surface area contributed by atoms with E-state index in [1.807, 2.05) is 31.2 Å². The fraction of sp³-hybridized carbons (Fsp3) is 0.381. The van der Waals surface area contributed by atoms with E-state index in [0.29, 0.717) is 18.7 Å². The van der Waals surface area contributed by atoms with Crippen molar-refractivity contribution < 1.29 is 17.9 Å². The third kappa shape index (κ3) is 4.54. The summed E-state index contributed by atoms with van der Waals surface area (Å²) in [5.74, 6) is 0.442. The molecule has 2 aromatic carbocycles. The maximum absolute atomic E-state index is 12.8. The number of nitrogens with zero attached hydrogens (tertiary/aromatic N) is 1. The van der Waals surface area contributed by atoms with Crippen LogP contribution in [-0.2, 0) is 10.0 Å². The Labute approximate surface area is 166 Å². The van der Waals surface area contributed by atoms with Crippen LogP contribution < -0.4 is 10.1 Å². The summed E-state index contributed by atoms with van der Waals surface area (Å²) in [6.45, 7) is 2.95. The summed E-state index contributed by atoms with van der Waals surface area (Å²) in [7, 11) is -1.96. The van der Waals surface area contributed by atoms with E-state index in [2.05, 4.69) is 5.32 Å². The number of piperidine rings is 1. The van der Waals surface area contributed by atoms with Crippen molar-refractivity contribution in [1.29, 1.82) is 0 Å². The highest BCUT2D eigenvalue weighted by Gasteiger charge is 2.26. The van der Waals surface area contributed by atoms with Crippen molar-refractivity contribution in [3.63, 3.8) is 0 Å².